The Kier molecular flexibility index (Phi) is 6.73. The van der Waals surface area contributed by atoms with Gasteiger partial charge >= 0.3 is 0 Å². The van der Waals surface area contributed by atoms with Crippen LogP contribution >= 0.6 is 0 Å². The Morgan fingerprint density at radius 1 is 1.10 bits per heavy atom. The lowest BCUT2D eigenvalue weighted by Crippen LogP contribution is -2.50. The van der Waals surface area contributed by atoms with E-state index in [1.807, 2.05) is 13.8 Å². The fraction of sp³-hybridized carbons (Fsp3) is 0.588. The van der Waals surface area contributed by atoms with Gasteiger partial charge in [0.25, 0.3) is 0 Å². The van der Waals surface area contributed by atoms with E-state index in [1.54, 1.807) is 0 Å². The standard InChI is InChI=1S/C17H27NO2/c1-4-14-7-9-15(10-8-14)11-12-16(20)18-17(5-2,6-3)13-19/h7-10,19H,4-6,11-13H2,1-3H3,(H,18,20). The molecule has 0 fully saturated rings. The van der Waals surface area contributed by atoms with E-state index in [-0.39, 0.29) is 12.5 Å². The molecule has 1 amide bonds. The molecule has 1 rings (SSSR count). The normalized spacial score (nSPS) is 11.4. The minimum absolute atomic E-state index is 0.00304. The number of aliphatic hydroxyl groups excluding tert-OH is 1. The van der Waals surface area contributed by atoms with Crippen LogP contribution in [0.25, 0.3) is 0 Å². The van der Waals surface area contributed by atoms with Gasteiger partial charge in [-0.15, -0.1) is 0 Å². The molecule has 2 N–H and O–H groups in total. The Hall–Kier alpha value is -1.35. The molecular weight excluding hydrogens is 250 g/mol. The highest BCUT2D eigenvalue weighted by Gasteiger charge is 2.26. The smallest absolute Gasteiger partial charge is 0.220 e. The van der Waals surface area contributed by atoms with Crippen LogP contribution in [0.5, 0.6) is 0 Å². The van der Waals surface area contributed by atoms with Crippen molar-refractivity contribution in [2.45, 2.75) is 58.4 Å². The van der Waals surface area contributed by atoms with Gasteiger partial charge in [0.05, 0.1) is 12.1 Å². The maximum Gasteiger partial charge on any atom is 0.220 e. The maximum atomic E-state index is 12.0. The minimum Gasteiger partial charge on any atom is -0.394 e. The average Bonchev–Trinajstić information content (AvgIpc) is 2.51. The van der Waals surface area contributed by atoms with E-state index in [2.05, 4.69) is 36.5 Å². The van der Waals surface area contributed by atoms with E-state index in [9.17, 15) is 9.90 Å². The second-order valence-corrected chi connectivity index (χ2v) is 5.36. The number of carbonyl (C=O) groups excluding carboxylic acids is 1. The predicted octanol–water partition coefficient (Wildman–Crippen LogP) is 2.85. The molecule has 0 radical (unpaired) electrons. The number of aryl methyl sites for hydroxylation is 2. The molecule has 1 aromatic carbocycles. The molecule has 0 saturated carbocycles. The van der Waals surface area contributed by atoms with Gasteiger partial charge in [0, 0.05) is 6.42 Å². The zero-order valence-corrected chi connectivity index (χ0v) is 12.9. The maximum absolute atomic E-state index is 12.0. The molecule has 0 spiro atoms. The third-order valence-electron chi connectivity index (χ3n) is 4.13. The zero-order valence-electron chi connectivity index (χ0n) is 12.9. The van der Waals surface area contributed by atoms with E-state index in [4.69, 9.17) is 0 Å². The summed E-state index contributed by atoms with van der Waals surface area (Å²) in [6.45, 7) is 6.11. The van der Waals surface area contributed by atoms with Crippen LogP contribution in [0.2, 0.25) is 0 Å². The lowest BCUT2D eigenvalue weighted by Gasteiger charge is -2.30. The third-order valence-corrected chi connectivity index (χ3v) is 4.13. The highest BCUT2D eigenvalue weighted by Crippen LogP contribution is 2.15. The largest absolute Gasteiger partial charge is 0.394 e. The van der Waals surface area contributed by atoms with Crippen LogP contribution in [0.1, 0.15) is 51.2 Å². The summed E-state index contributed by atoms with van der Waals surface area (Å²) in [5, 5.41) is 12.4. The molecule has 0 unspecified atom stereocenters. The Bertz CT molecular complexity index is 399. The van der Waals surface area contributed by atoms with E-state index >= 15 is 0 Å². The number of carbonyl (C=O) groups is 1. The molecule has 0 saturated heterocycles. The Labute approximate surface area is 122 Å². The molecule has 0 bridgehead atoms. The summed E-state index contributed by atoms with van der Waals surface area (Å²) >= 11 is 0. The van der Waals surface area contributed by atoms with Gasteiger partial charge in [0.15, 0.2) is 0 Å². The van der Waals surface area contributed by atoms with Crippen molar-refractivity contribution in [2.24, 2.45) is 0 Å². The van der Waals surface area contributed by atoms with Gasteiger partial charge in [-0.3, -0.25) is 4.79 Å². The van der Waals surface area contributed by atoms with Crippen LogP contribution in [0.15, 0.2) is 24.3 Å². The van der Waals surface area contributed by atoms with Crippen molar-refractivity contribution < 1.29 is 9.90 Å². The van der Waals surface area contributed by atoms with Gasteiger partial charge in [-0.1, -0.05) is 45.0 Å². The van der Waals surface area contributed by atoms with Crippen molar-refractivity contribution in [3.63, 3.8) is 0 Å². The number of aliphatic hydroxyl groups is 1. The van der Waals surface area contributed by atoms with Crippen LogP contribution in [0.4, 0.5) is 0 Å². The Balaban J connectivity index is 2.50. The molecule has 0 heterocycles. The highest BCUT2D eigenvalue weighted by molar-refractivity contribution is 5.77. The average molecular weight is 277 g/mol. The summed E-state index contributed by atoms with van der Waals surface area (Å²) in [4.78, 5) is 12.0. The summed E-state index contributed by atoms with van der Waals surface area (Å²) in [6.07, 6.45) is 3.73. The Morgan fingerprint density at radius 2 is 1.65 bits per heavy atom. The Morgan fingerprint density at radius 3 is 2.10 bits per heavy atom. The first-order chi connectivity index (χ1) is 9.59. The molecular formula is C17H27NO2. The molecule has 0 aliphatic heterocycles. The number of nitrogens with one attached hydrogen (secondary N) is 1. The van der Waals surface area contributed by atoms with E-state index in [1.165, 1.54) is 11.1 Å². The van der Waals surface area contributed by atoms with Crippen LogP contribution in [0, 0.1) is 0 Å². The van der Waals surface area contributed by atoms with Gasteiger partial charge in [-0.05, 0) is 36.8 Å². The summed E-state index contributed by atoms with van der Waals surface area (Å²) in [7, 11) is 0. The molecule has 112 valence electrons. The van der Waals surface area contributed by atoms with Gasteiger partial charge in [0.1, 0.15) is 0 Å². The lowest BCUT2D eigenvalue weighted by molar-refractivity contribution is -0.123. The molecule has 0 atom stereocenters. The lowest BCUT2D eigenvalue weighted by atomic mass is 9.93. The minimum atomic E-state index is -0.455. The van der Waals surface area contributed by atoms with Crippen LogP contribution < -0.4 is 5.32 Å². The van der Waals surface area contributed by atoms with Crippen molar-refractivity contribution in [2.75, 3.05) is 6.61 Å². The highest BCUT2D eigenvalue weighted by atomic mass is 16.3. The first-order valence-electron chi connectivity index (χ1n) is 7.58. The van der Waals surface area contributed by atoms with Gasteiger partial charge in [0.2, 0.25) is 5.91 Å². The summed E-state index contributed by atoms with van der Waals surface area (Å²) in [5.41, 5.74) is 2.04. The van der Waals surface area contributed by atoms with Crippen LogP contribution in [0.3, 0.4) is 0 Å². The fourth-order valence-electron chi connectivity index (χ4n) is 2.25. The van der Waals surface area contributed by atoms with Crippen molar-refractivity contribution >= 4 is 5.91 Å². The number of benzene rings is 1. The molecule has 1 aromatic rings. The number of hydrogen-bond acceptors (Lipinski definition) is 2. The first kappa shape index (κ1) is 16.7. The number of rotatable bonds is 8. The molecule has 20 heavy (non-hydrogen) atoms. The van der Waals surface area contributed by atoms with E-state index in [0.29, 0.717) is 6.42 Å². The van der Waals surface area contributed by atoms with Crippen molar-refractivity contribution in [1.29, 1.82) is 0 Å². The van der Waals surface area contributed by atoms with Crippen molar-refractivity contribution in [3.8, 4) is 0 Å². The van der Waals surface area contributed by atoms with Crippen LogP contribution in [-0.2, 0) is 17.6 Å². The SMILES string of the molecule is CCc1ccc(CCC(=O)NC(CC)(CC)CO)cc1. The molecule has 0 aliphatic carbocycles. The summed E-state index contributed by atoms with van der Waals surface area (Å²) < 4.78 is 0. The van der Waals surface area contributed by atoms with Gasteiger partial charge in [-0.2, -0.15) is 0 Å². The molecule has 0 aliphatic rings. The monoisotopic (exact) mass is 277 g/mol. The fourth-order valence-corrected chi connectivity index (χ4v) is 2.25. The molecule has 0 aromatic heterocycles. The van der Waals surface area contributed by atoms with Crippen molar-refractivity contribution in [1.82, 2.24) is 5.32 Å². The topological polar surface area (TPSA) is 49.3 Å². The second-order valence-electron chi connectivity index (χ2n) is 5.36. The third kappa shape index (κ3) is 4.64. The van der Waals surface area contributed by atoms with Gasteiger partial charge < -0.3 is 10.4 Å². The zero-order chi connectivity index (χ0) is 15.0. The number of amides is 1. The number of hydrogen-bond donors (Lipinski definition) is 2. The second kappa shape index (κ2) is 8.05. The van der Waals surface area contributed by atoms with E-state index < -0.39 is 5.54 Å². The quantitative estimate of drug-likeness (QED) is 0.767. The van der Waals surface area contributed by atoms with Gasteiger partial charge in [-0.25, -0.2) is 0 Å². The van der Waals surface area contributed by atoms with Crippen LogP contribution in [-0.4, -0.2) is 23.2 Å². The summed E-state index contributed by atoms with van der Waals surface area (Å²) in [5.74, 6) is 0.0160. The summed E-state index contributed by atoms with van der Waals surface area (Å²) in [6, 6.07) is 8.41. The molecule has 3 nitrogen and oxygen atoms in total. The predicted molar refractivity (Wildman–Crippen MR) is 82.7 cm³/mol. The van der Waals surface area contributed by atoms with E-state index in [0.717, 1.165) is 25.7 Å². The molecule has 3 heteroatoms. The first-order valence-corrected chi connectivity index (χ1v) is 7.58. The van der Waals surface area contributed by atoms with Crippen molar-refractivity contribution in [3.05, 3.63) is 35.4 Å².